The van der Waals surface area contributed by atoms with E-state index in [1.807, 2.05) is 67.5 Å². The predicted molar refractivity (Wildman–Crippen MR) is 114 cm³/mol. The molecule has 0 radical (unpaired) electrons. The van der Waals surface area contributed by atoms with E-state index in [2.05, 4.69) is 12.1 Å². The zero-order chi connectivity index (χ0) is 19.5. The minimum atomic E-state index is 0.558. The van der Waals surface area contributed by atoms with Crippen molar-refractivity contribution in [1.29, 1.82) is 0 Å². The number of nitrogens with zero attached hydrogens (tertiary/aromatic N) is 2. The Hall–Kier alpha value is -2.49. The van der Waals surface area contributed by atoms with E-state index in [1.165, 1.54) is 32.1 Å². The van der Waals surface area contributed by atoms with Crippen molar-refractivity contribution in [3.05, 3.63) is 59.7 Å². The zero-order valence-electron chi connectivity index (χ0n) is 16.8. The van der Waals surface area contributed by atoms with Gasteiger partial charge in [-0.05, 0) is 42.8 Å². The van der Waals surface area contributed by atoms with Gasteiger partial charge in [0.1, 0.15) is 11.5 Å². The number of oxime groups is 1. The average molecular weight is 369 g/mol. The maximum Gasteiger partial charge on any atom is 0.119 e. The first-order chi connectivity index (χ1) is 13.2. The van der Waals surface area contributed by atoms with Gasteiger partial charge >= 0.3 is 0 Å². The molecule has 0 atom stereocenters. The highest BCUT2D eigenvalue weighted by Crippen LogP contribution is 2.19. The Bertz CT molecular complexity index is 691. The van der Waals surface area contributed by atoms with Gasteiger partial charge < -0.3 is 14.8 Å². The van der Waals surface area contributed by atoms with E-state index in [1.54, 1.807) is 0 Å². The molecule has 0 aliphatic heterocycles. The van der Waals surface area contributed by atoms with Gasteiger partial charge in [-0.1, -0.05) is 56.3 Å². The molecule has 2 aromatic carbocycles. The summed E-state index contributed by atoms with van der Waals surface area (Å²) in [6, 6.07) is 15.7. The van der Waals surface area contributed by atoms with E-state index in [0.717, 1.165) is 35.6 Å². The van der Waals surface area contributed by atoms with Crippen molar-refractivity contribution >= 4 is 11.4 Å². The topological polar surface area (TPSA) is 45.1 Å². The molecule has 0 unspecified atom stereocenters. The lowest BCUT2D eigenvalue weighted by atomic mass is 10.0. The predicted octanol–water partition coefficient (Wildman–Crippen LogP) is 5.72. The molecular weight excluding hydrogens is 336 g/mol. The molecule has 0 saturated carbocycles. The Morgan fingerprint density at radius 2 is 1.41 bits per heavy atom. The van der Waals surface area contributed by atoms with Crippen molar-refractivity contribution < 1.29 is 9.94 Å². The van der Waals surface area contributed by atoms with Gasteiger partial charge in [0.2, 0.25) is 0 Å². The van der Waals surface area contributed by atoms with Gasteiger partial charge in [-0.15, -0.1) is 0 Å². The number of anilines is 1. The van der Waals surface area contributed by atoms with E-state index in [0.29, 0.717) is 5.71 Å². The van der Waals surface area contributed by atoms with Crippen molar-refractivity contribution in [2.24, 2.45) is 5.16 Å². The van der Waals surface area contributed by atoms with Crippen LogP contribution in [0.25, 0.3) is 0 Å². The van der Waals surface area contributed by atoms with Crippen LogP contribution in [-0.2, 0) is 0 Å². The summed E-state index contributed by atoms with van der Waals surface area (Å²) in [4.78, 5) is 2.04. The van der Waals surface area contributed by atoms with Gasteiger partial charge in [0, 0.05) is 30.9 Å². The van der Waals surface area contributed by atoms with Crippen molar-refractivity contribution in [3.63, 3.8) is 0 Å². The monoisotopic (exact) mass is 368 g/mol. The van der Waals surface area contributed by atoms with E-state index in [4.69, 9.17) is 4.74 Å². The summed E-state index contributed by atoms with van der Waals surface area (Å²) in [5.41, 5.74) is 3.41. The number of unbranched alkanes of at least 4 members (excludes halogenated alkanes) is 5. The van der Waals surface area contributed by atoms with Gasteiger partial charge in [0.15, 0.2) is 0 Å². The highest BCUT2D eigenvalue weighted by Gasteiger charge is 2.09. The first kappa shape index (κ1) is 20.8. The molecule has 0 spiro atoms. The number of hydrogen-bond acceptors (Lipinski definition) is 4. The average Bonchev–Trinajstić information content (AvgIpc) is 2.69. The van der Waals surface area contributed by atoms with E-state index < -0.39 is 0 Å². The molecule has 0 aromatic heterocycles. The molecule has 0 bridgehead atoms. The molecule has 0 aliphatic carbocycles. The lowest BCUT2D eigenvalue weighted by Crippen LogP contribution is -2.09. The summed E-state index contributed by atoms with van der Waals surface area (Å²) in [6.45, 7) is 2.98. The number of hydrogen-bond donors (Lipinski definition) is 1. The third-order valence-corrected chi connectivity index (χ3v) is 4.65. The highest BCUT2D eigenvalue weighted by atomic mass is 16.5. The lowest BCUT2D eigenvalue weighted by Gasteiger charge is -2.13. The fraction of sp³-hybridized carbons (Fsp3) is 0.435. The van der Waals surface area contributed by atoms with Crippen LogP contribution in [0.4, 0.5) is 5.69 Å². The van der Waals surface area contributed by atoms with Gasteiger partial charge in [0.05, 0.1) is 6.61 Å². The van der Waals surface area contributed by atoms with E-state index in [9.17, 15) is 5.21 Å². The Morgan fingerprint density at radius 3 is 1.96 bits per heavy atom. The van der Waals surface area contributed by atoms with Gasteiger partial charge in [-0.3, -0.25) is 0 Å². The Balaban J connectivity index is 1.89. The van der Waals surface area contributed by atoms with Crippen LogP contribution in [-0.4, -0.2) is 31.6 Å². The summed E-state index contributed by atoms with van der Waals surface area (Å²) >= 11 is 0. The summed E-state index contributed by atoms with van der Waals surface area (Å²) in [7, 11) is 4.00. The molecule has 4 nitrogen and oxygen atoms in total. The lowest BCUT2D eigenvalue weighted by molar-refractivity contribution is 0.304. The smallest absolute Gasteiger partial charge is 0.119 e. The maximum atomic E-state index is 9.49. The largest absolute Gasteiger partial charge is 0.494 e. The molecule has 2 rings (SSSR count). The SMILES string of the molecule is CCCCCCCCOc1ccc(C(=NO)c2ccc(N(C)C)cc2)cc1. The van der Waals surface area contributed by atoms with Crippen LogP contribution >= 0.6 is 0 Å². The summed E-state index contributed by atoms with van der Waals surface area (Å²) in [6.07, 6.45) is 7.54. The number of ether oxygens (including phenoxy) is 1. The highest BCUT2D eigenvalue weighted by molar-refractivity contribution is 6.12. The molecule has 0 heterocycles. The van der Waals surface area contributed by atoms with Crippen LogP contribution < -0.4 is 9.64 Å². The molecule has 0 saturated heterocycles. The first-order valence-electron chi connectivity index (χ1n) is 9.88. The Kier molecular flexibility index (Phi) is 8.69. The van der Waals surface area contributed by atoms with Crippen molar-refractivity contribution in [2.45, 2.75) is 45.4 Å². The molecule has 4 heteroatoms. The zero-order valence-corrected chi connectivity index (χ0v) is 16.8. The molecule has 27 heavy (non-hydrogen) atoms. The van der Waals surface area contributed by atoms with Crippen LogP contribution in [0, 0.1) is 0 Å². The van der Waals surface area contributed by atoms with E-state index in [-0.39, 0.29) is 0 Å². The second-order valence-corrected chi connectivity index (χ2v) is 7.03. The second kappa shape index (κ2) is 11.3. The quantitative estimate of drug-likeness (QED) is 0.239. The Morgan fingerprint density at radius 1 is 0.852 bits per heavy atom. The summed E-state index contributed by atoms with van der Waals surface area (Å²) in [5.74, 6) is 0.854. The summed E-state index contributed by atoms with van der Waals surface area (Å²) < 4.78 is 5.82. The molecule has 146 valence electrons. The summed E-state index contributed by atoms with van der Waals surface area (Å²) in [5, 5.41) is 13.0. The van der Waals surface area contributed by atoms with Gasteiger partial charge in [0.25, 0.3) is 0 Å². The molecule has 2 aromatic rings. The van der Waals surface area contributed by atoms with E-state index >= 15 is 0 Å². The second-order valence-electron chi connectivity index (χ2n) is 7.03. The number of benzene rings is 2. The maximum absolute atomic E-state index is 9.49. The van der Waals surface area contributed by atoms with Crippen molar-refractivity contribution in [1.82, 2.24) is 0 Å². The fourth-order valence-corrected chi connectivity index (χ4v) is 2.98. The fourth-order valence-electron chi connectivity index (χ4n) is 2.98. The molecular formula is C23H32N2O2. The Labute approximate surface area is 163 Å². The van der Waals surface area contributed by atoms with Crippen LogP contribution in [0.1, 0.15) is 56.6 Å². The van der Waals surface area contributed by atoms with Crippen LogP contribution in [0.15, 0.2) is 53.7 Å². The van der Waals surface area contributed by atoms with Crippen molar-refractivity contribution in [3.8, 4) is 5.75 Å². The molecule has 0 aliphatic rings. The first-order valence-corrected chi connectivity index (χ1v) is 9.88. The minimum absolute atomic E-state index is 0.558. The van der Waals surface area contributed by atoms with Crippen LogP contribution in [0.5, 0.6) is 5.75 Å². The standard InChI is InChI=1S/C23H32N2O2/c1-4-5-6-7-8-9-18-27-22-16-12-20(13-17-22)23(24-26)19-10-14-21(15-11-19)25(2)3/h10-17,26H,4-9,18H2,1-3H3. The minimum Gasteiger partial charge on any atom is -0.494 e. The molecule has 1 N–H and O–H groups in total. The molecule has 0 amide bonds. The van der Waals surface area contributed by atoms with Gasteiger partial charge in [-0.25, -0.2) is 0 Å². The van der Waals surface area contributed by atoms with Crippen LogP contribution in [0.2, 0.25) is 0 Å². The third-order valence-electron chi connectivity index (χ3n) is 4.65. The van der Waals surface area contributed by atoms with Gasteiger partial charge in [-0.2, -0.15) is 0 Å². The molecule has 0 fully saturated rings. The third kappa shape index (κ3) is 6.63. The number of rotatable bonds is 11. The van der Waals surface area contributed by atoms with Crippen LogP contribution in [0.3, 0.4) is 0 Å². The van der Waals surface area contributed by atoms with Crippen molar-refractivity contribution in [2.75, 3.05) is 25.6 Å². The normalized spacial score (nSPS) is 11.4.